The standard InChI is InChI=1S/C11H21N5O/c1-5-11(3,4)7-13-9-14-8(12)15-10(16-9)17-6-2/h5-7H2,1-4H3,(H3,12,13,14,15,16). The van der Waals surface area contributed by atoms with Crippen molar-refractivity contribution in [3.05, 3.63) is 0 Å². The average molecular weight is 239 g/mol. The number of anilines is 2. The normalized spacial score (nSPS) is 11.3. The van der Waals surface area contributed by atoms with Crippen LogP contribution >= 0.6 is 0 Å². The first kappa shape index (κ1) is 13.5. The van der Waals surface area contributed by atoms with Crippen LogP contribution in [-0.2, 0) is 0 Å². The Balaban J connectivity index is 2.70. The van der Waals surface area contributed by atoms with E-state index in [4.69, 9.17) is 10.5 Å². The number of rotatable bonds is 6. The van der Waals surface area contributed by atoms with Crippen molar-refractivity contribution < 1.29 is 4.74 Å². The Labute approximate surface area is 102 Å². The Morgan fingerprint density at radius 2 is 1.94 bits per heavy atom. The number of aromatic nitrogens is 3. The molecule has 0 spiro atoms. The third kappa shape index (κ3) is 4.42. The third-order valence-corrected chi connectivity index (χ3v) is 2.59. The van der Waals surface area contributed by atoms with E-state index in [-0.39, 0.29) is 17.4 Å². The van der Waals surface area contributed by atoms with Gasteiger partial charge < -0.3 is 15.8 Å². The van der Waals surface area contributed by atoms with Crippen LogP contribution in [0.4, 0.5) is 11.9 Å². The summed E-state index contributed by atoms with van der Waals surface area (Å²) in [6.45, 7) is 9.65. The highest BCUT2D eigenvalue weighted by molar-refractivity contribution is 5.32. The second-order valence-corrected chi connectivity index (χ2v) is 4.60. The fraction of sp³-hybridized carbons (Fsp3) is 0.727. The first-order valence-corrected chi connectivity index (χ1v) is 5.85. The molecule has 0 aliphatic heterocycles. The summed E-state index contributed by atoms with van der Waals surface area (Å²) >= 11 is 0. The van der Waals surface area contributed by atoms with Gasteiger partial charge in [0.2, 0.25) is 11.9 Å². The van der Waals surface area contributed by atoms with E-state index in [2.05, 4.69) is 41.0 Å². The van der Waals surface area contributed by atoms with Gasteiger partial charge >= 0.3 is 6.01 Å². The van der Waals surface area contributed by atoms with Crippen LogP contribution in [0.15, 0.2) is 0 Å². The van der Waals surface area contributed by atoms with E-state index in [1.54, 1.807) is 0 Å². The maximum absolute atomic E-state index is 5.58. The summed E-state index contributed by atoms with van der Waals surface area (Å²) in [7, 11) is 0. The topological polar surface area (TPSA) is 86.0 Å². The van der Waals surface area contributed by atoms with Crippen LogP contribution in [0.3, 0.4) is 0 Å². The Bertz CT molecular complexity index is 367. The van der Waals surface area contributed by atoms with Gasteiger partial charge in [0.25, 0.3) is 0 Å². The lowest BCUT2D eigenvalue weighted by atomic mass is 9.90. The van der Waals surface area contributed by atoms with Gasteiger partial charge in [-0.25, -0.2) is 0 Å². The van der Waals surface area contributed by atoms with Crippen molar-refractivity contribution in [2.75, 3.05) is 24.2 Å². The molecule has 0 saturated heterocycles. The summed E-state index contributed by atoms with van der Waals surface area (Å²) < 4.78 is 5.20. The van der Waals surface area contributed by atoms with Gasteiger partial charge in [0, 0.05) is 6.54 Å². The van der Waals surface area contributed by atoms with E-state index in [9.17, 15) is 0 Å². The van der Waals surface area contributed by atoms with E-state index in [0.29, 0.717) is 12.6 Å². The van der Waals surface area contributed by atoms with Gasteiger partial charge in [-0.15, -0.1) is 0 Å². The Morgan fingerprint density at radius 1 is 1.24 bits per heavy atom. The fourth-order valence-corrected chi connectivity index (χ4v) is 1.09. The minimum Gasteiger partial charge on any atom is -0.464 e. The van der Waals surface area contributed by atoms with Gasteiger partial charge in [-0.1, -0.05) is 20.8 Å². The summed E-state index contributed by atoms with van der Waals surface area (Å²) in [4.78, 5) is 12.0. The van der Waals surface area contributed by atoms with E-state index >= 15 is 0 Å². The molecular weight excluding hydrogens is 218 g/mol. The van der Waals surface area contributed by atoms with Gasteiger partial charge in [0.05, 0.1) is 6.61 Å². The molecule has 1 aromatic heterocycles. The molecule has 0 saturated carbocycles. The van der Waals surface area contributed by atoms with Crippen LogP contribution in [-0.4, -0.2) is 28.1 Å². The number of nitrogens with one attached hydrogen (secondary N) is 1. The Kier molecular flexibility index (Phi) is 4.48. The van der Waals surface area contributed by atoms with Crippen molar-refractivity contribution in [1.29, 1.82) is 0 Å². The van der Waals surface area contributed by atoms with E-state index in [1.807, 2.05) is 6.92 Å². The first-order valence-electron chi connectivity index (χ1n) is 5.85. The molecule has 0 aliphatic carbocycles. The largest absolute Gasteiger partial charge is 0.464 e. The van der Waals surface area contributed by atoms with Crippen molar-refractivity contribution >= 4 is 11.9 Å². The molecule has 17 heavy (non-hydrogen) atoms. The van der Waals surface area contributed by atoms with Gasteiger partial charge in [0.1, 0.15) is 0 Å². The summed E-state index contributed by atoms with van der Waals surface area (Å²) in [6.07, 6.45) is 1.07. The molecular formula is C11H21N5O. The maximum atomic E-state index is 5.58. The molecule has 1 heterocycles. The van der Waals surface area contributed by atoms with Crippen LogP contribution < -0.4 is 15.8 Å². The van der Waals surface area contributed by atoms with Crippen molar-refractivity contribution in [3.8, 4) is 6.01 Å². The molecule has 6 heteroatoms. The van der Waals surface area contributed by atoms with Crippen LogP contribution in [0.25, 0.3) is 0 Å². The molecule has 0 aliphatic rings. The lowest BCUT2D eigenvalue weighted by molar-refractivity contribution is 0.312. The number of nitrogen functional groups attached to an aromatic ring is 1. The maximum Gasteiger partial charge on any atom is 0.323 e. The fourth-order valence-electron chi connectivity index (χ4n) is 1.09. The summed E-state index contributed by atoms with van der Waals surface area (Å²) in [5.41, 5.74) is 5.77. The first-order chi connectivity index (χ1) is 7.96. The molecule has 96 valence electrons. The van der Waals surface area contributed by atoms with Gasteiger partial charge in [-0.2, -0.15) is 15.0 Å². The highest BCUT2D eigenvalue weighted by Gasteiger charge is 2.15. The van der Waals surface area contributed by atoms with Gasteiger partial charge in [-0.3, -0.25) is 0 Å². The van der Waals surface area contributed by atoms with Crippen LogP contribution in [0.5, 0.6) is 6.01 Å². The van der Waals surface area contributed by atoms with Crippen molar-refractivity contribution in [2.24, 2.45) is 5.41 Å². The van der Waals surface area contributed by atoms with Gasteiger partial charge in [-0.05, 0) is 18.8 Å². The SMILES string of the molecule is CCOc1nc(N)nc(NCC(C)(C)CC)n1. The molecule has 0 fully saturated rings. The zero-order chi connectivity index (χ0) is 12.9. The summed E-state index contributed by atoms with van der Waals surface area (Å²) in [5, 5.41) is 3.15. The van der Waals surface area contributed by atoms with Crippen molar-refractivity contribution in [3.63, 3.8) is 0 Å². The number of ether oxygens (including phenoxy) is 1. The second kappa shape index (κ2) is 5.65. The van der Waals surface area contributed by atoms with Crippen LogP contribution in [0.2, 0.25) is 0 Å². The lowest BCUT2D eigenvalue weighted by Crippen LogP contribution is -2.23. The number of nitrogens with zero attached hydrogens (tertiary/aromatic N) is 3. The molecule has 0 atom stereocenters. The highest BCUT2D eigenvalue weighted by Crippen LogP contribution is 2.20. The Morgan fingerprint density at radius 3 is 2.53 bits per heavy atom. The minimum absolute atomic E-state index is 0.167. The van der Waals surface area contributed by atoms with Gasteiger partial charge in [0.15, 0.2) is 0 Å². The smallest absolute Gasteiger partial charge is 0.323 e. The van der Waals surface area contributed by atoms with E-state index in [1.165, 1.54) is 0 Å². The molecule has 0 bridgehead atoms. The van der Waals surface area contributed by atoms with Crippen molar-refractivity contribution in [2.45, 2.75) is 34.1 Å². The predicted molar refractivity (Wildman–Crippen MR) is 68.0 cm³/mol. The lowest BCUT2D eigenvalue weighted by Gasteiger charge is -2.22. The van der Waals surface area contributed by atoms with E-state index < -0.39 is 0 Å². The molecule has 0 unspecified atom stereocenters. The molecule has 6 nitrogen and oxygen atoms in total. The Hall–Kier alpha value is -1.59. The average Bonchev–Trinajstić information content (AvgIpc) is 2.26. The molecule has 0 radical (unpaired) electrons. The third-order valence-electron chi connectivity index (χ3n) is 2.59. The van der Waals surface area contributed by atoms with Crippen LogP contribution in [0, 0.1) is 5.41 Å². The quantitative estimate of drug-likeness (QED) is 0.785. The number of hydrogen-bond donors (Lipinski definition) is 2. The molecule has 0 amide bonds. The van der Waals surface area contributed by atoms with Crippen molar-refractivity contribution in [1.82, 2.24) is 15.0 Å². The van der Waals surface area contributed by atoms with E-state index in [0.717, 1.165) is 13.0 Å². The second-order valence-electron chi connectivity index (χ2n) is 4.60. The predicted octanol–water partition coefficient (Wildman–Crippen LogP) is 1.70. The number of hydrogen-bond acceptors (Lipinski definition) is 6. The summed E-state index contributed by atoms with van der Waals surface area (Å²) in [6, 6.07) is 0.261. The van der Waals surface area contributed by atoms with Crippen LogP contribution in [0.1, 0.15) is 34.1 Å². The zero-order valence-electron chi connectivity index (χ0n) is 10.9. The molecule has 1 aromatic rings. The molecule has 0 aromatic carbocycles. The number of nitrogens with two attached hydrogens (primary N) is 1. The molecule has 1 rings (SSSR count). The monoisotopic (exact) mass is 239 g/mol. The zero-order valence-corrected chi connectivity index (χ0v) is 10.9. The highest BCUT2D eigenvalue weighted by atomic mass is 16.5. The molecule has 3 N–H and O–H groups in total. The summed E-state index contributed by atoms with van der Waals surface area (Å²) in [5.74, 6) is 0.628. The minimum atomic E-state index is 0.167.